The lowest BCUT2D eigenvalue weighted by molar-refractivity contribution is 0.0712. The number of benzene rings is 1. The summed E-state index contributed by atoms with van der Waals surface area (Å²) >= 11 is 0. The Morgan fingerprint density at radius 3 is 2.82 bits per heavy atom. The molecule has 3 aromatic heterocycles. The summed E-state index contributed by atoms with van der Waals surface area (Å²) < 4.78 is 1.58. The molecule has 0 spiro atoms. The summed E-state index contributed by atoms with van der Waals surface area (Å²) in [7, 11) is 0. The second kappa shape index (κ2) is 7.72. The molecule has 1 fully saturated rings. The normalized spacial score (nSPS) is 16.5. The molecule has 4 heterocycles. The number of amides is 1. The lowest BCUT2D eigenvalue weighted by Gasteiger charge is -2.32. The number of piperidine rings is 1. The Morgan fingerprint density at radius 1 is 1.15 bits per heavy atom. The Morgan fingerprint density at radius 2 is 1.97 bits per heavy atom. The van der Waals surface area contributed by atoms with E-state index in [0.29, 0.717) is 36.2 Å². The SMILES string of the molecule is Cc1c(C(=O)N2CCC(c3c[nH]c4ccccc34)CC2)cnn1-c1nc2c(c(=O)[nH]1)CCC2. The van der Waals surface area contributed by atoms with E-state index in [2.05, 4.69) is 44.4 Å². The number of H-pyrrole nitrogens is 2. The number of likely N-dealkylation sites (tertiary alicyclic amines) is 1. The van der Waals surface area contributed by atoms with Crippen LogP contribution in [0, 0.1) is 6.92 Å². The van der Waals surface area contributed by atoms with Crippen molar-refractivity contribution in [2.45, 2.75) is 44.9 Å². The molecule has 0 atom stereocenters. The number of rotatable bonds is 3. The van der Waals surface area contributed by atoms with Gasteiger partial charge in [0.15, 0.2) is 0 Å². The van der Waals surface area contributed by atoms with Gasteiger partial charge in [-0.2, -0.15) is 5.10 Å². The Labute approximate surface area is 190 Å². The lowest BCUT2D eigenvalue weighted by Crippen LogP contribution is -2.38. The number of nitrogens with zero attached hydrogens (tertiary/aromatic N) is 4. The maximum absolute atomic E-state index is 13.3. The van der Waals surface area contributed by atoms with Crippen LogP contribution in [-0.4, -0.2) is 48.6 Å². The molecule has 0 bridgehead atoms. The van der Waals surface area contributed by atoms with Crippen molar-refractivity contribution in [2.75, 3.05) is 13.1 Å². The average molecular weight is 443 g/mol. The highest BCUT2D eigenvalue weighted by Gasteiger charge is 2.28. The summed E-state index contributed by atoms with van der Waals surface area (Å²) in [5, 5.41) is 5.66. The average Bonchev–Trinajstić information content (AvgIpc) is 3.57. The first kappa shape index (κ1) is 20.0. The number of carbonyl (C=O) groups is 1. The van der Waals surface area contributed by atoms with Gasteiger partial charge in [-0.3, -0.25) is 14.6 Å². The van der Waals surface area contributed by atoms with Crippen molar-refractivity contribution in [3.63, 3.8) is 0 Å². The number of nitrogens with one attached hydrogen (secondary N) is 2. The molecular formula is C25H26N6O2. The Bertz CT molecular complexity index is 1420. The Hall–Kier alpha value is -3.68. The fourth-order valence-corrected chi connectivity index (χ4v) is 5.36. The van der Waals surface area contributed by atoms with E-state index in [4.69, 9.17) is 0 Å². The molecule has 8 heteroatoms. The molecule has 1 saturated heterocycles. The van der Waals surface area contributed by atoms with Crippen molar-refractivity contribution in [1.29, 1.82) is 0 Å². The second-order valence-corrected chi connectivity index (χ2v) is 9.08. The maximum atomic E-state index is 13.3. The molecule has 4 aromatic rings. The zero-order valence-electron chi connectivity index (χ0n) is 18.6. The fraction of sp³-hybridized carbons (Fsp3) is 0.360. The highest BCUT2D eigenvalue weighted by Crippen LogP contribution is 2.33. The molecule has 2 aliphatic rings. The first-order chi connectivity index (χ1) is 16.1. The zero-order valence-corrected chi connectivity index (χ0v) is 18.6. The van der Waals surface area contributed by atoms with Crippen molar-refractivity contribution in [1.82, 2.24) is 29.6 Å². The quantitative estimate of drug-likeness (QED) is 0.509. The third-order valence-electron chi connectivity index (χ3n) is 7.21. The highest BCUT2D eigenvalue weighted by molar-refractivity contribution is 5.95. The van der Waals surface area contributed by atoms with Gasteiger partial charge in [0, 0.05) is 35.8 Å². The molecule has 0 radical (unpaired) electrons. The maximum Gasteiger partial charge on any atom is 0.257 e. The number of aryl methyl sites for hydroxylation is 1. The van der Waals surface area contributed by atoms with Gasteiger partial charge in [0.1, 0.15) is 0 Å². The van der Waals surface area contributed by atoms with Gasteiger partial charge in [-0.25, -0.2) is 9.67 Å². The number of hydrogen-bond donors (Lipinski definition) is 2. The van der Waals surface area contributed by atoms with Crippen LogP contribution in [0.3, 0.4) is 0 Å². The molecule has 0 unspecified atom stereocenters. The first-order valence-electron chi connectivity index (χ1n) is 11.6. The van der Waals surface area contributed by atoms with E-state index in [1.807, 2.05) is 17.9 Å². The monoisotopic (exact) mass is 442 g/mol. The van der Waals surface area contributed by atoms with Crippen LogP contribution in [0.25, 0.3) is 16.9 Å². The minimum absolute atomic E-state index is 0.0142. The van der Waals surface area contributed by atoms with E-state index in [9.17, 15) is 9.59 Å². The number of hydrogen-bond acceptors (Lipinski definition) is 4. The molecule has 1 aromatic carbocycles. The third-order valence-corrected chi connectivity index (χ3v) is 7.21. The second-order valence-electron chi connectivity index (χ2n) is 9.08. The summed E-state index contributed by atoms with van der Waals surface area (Å²) in [6.07, 6.45) is 8.10. The van der Waals surface area contributed by atoms with Crippen molar-refractivity contribution in [3.05, 3.63) is 75.1 Å². The Kier molecular flexibility index (Phi) is 4.67. The number of carbonyl (C=O) groups excluding carboxylic acids is 1. The third kappa shape index (κ3) is 3.28. The van der Waals surface area contributed by atoms with Gasteiger partial charge < -0.3 is 9.88 Å². The number of para-hydroxylation sites is 1. The predicted molar refractivity (Wildman–Crippen MR) is 125 cm³/mol. The Balaban J connectivity index is 1.20. The largest absolute Gasteiger partial charge is 0.361 e. The van der Waals surface area contributed by atoms with Crippen LogP contribution in [0.2, 0.25) is 0 Å². The van der Waals surface area contributed by atoms with Crippen LogP contribution in [0.4, 0.5) is 0 Å². The zero-order chi connectivity index (χ0) is 22.5. The van der Waals surface area contributed by atoms with Crippen molar-refractivity contribution < 1.29 is 4.79 Å². The molecule has 1 aliphatic carbocycles. The number of aromatic nitrogens is 5. The van der Waals surface area contributed by atoms with Gasteiger partial charge in [0.25, 0.3) is 11.5 Å². The summed E-state index contributed by atoms with van der Waals surface area (Å²) in [6.45, 7) is 3.27. The van der Waals surface area contributed by atoms with Gasteiger partial charge >= 0.3 is 0 Å². The first-order valence-corrected chi connectivity index (χ1v) is 11.6. The van der Waals surface area contributed by atoms with Gasteiger partial charge in [-0.15, -0.1) is 0 Å². The highest BCUT2D eigenvalue weighted by atomic mass is 16.2. The van der Waals surface area contributed by atoms with Crippen LogP contribution in [0.5, 0.6) is 0 Å². The van der Waals surface area contributed by atoms with Crippen LogP contribution >= 0.6 is 0 Å². The van der Waals surface area contributed by atoms with Crippen LogP contribution in [-0.2, 0) is 12.8 Å². The predicted octanol–water partition coefficient (Wildman–Crippen LogP) is 3.25. The van der Waals surface area contributed by atoms with E-state index in [0.717, 1.165) is 48.9 Å². The molecule has 2 N–H and O–H groups in total. The van der Waals surface area contributed by atoms with Crippen LogP contribution < -0.4 is 5.56 Å². The lowest BCUT2D eigenvalue weighted by atomic mass is 9.89. The molecule has 168 valence electrons. The van der Waals surface area contributed by atoms with Gasteiger partial charge in [-0.05, 0) is 56.6 Å². The van der Waals surface area contributed by atoms with E-state index in [1.54, 1.807) is 10.9 Å². The molecule has 1 amide bonds. The van der Waals surface area contributed by atoms with E-state index >= 15 is 0 Å². The number of aromatic amines is 2. The van der Waals surface area contributed by atoms with Crippen LogP contribution in [0.1, 0.15) is 58.1 Å². The molecule has 0 saturated carbocycles. The van der Waals surface area contributed by atoms with Crippen molar-refractivity contribution in [3.8, 4) is 5.95 Å². The summed E-state index contributed by atoms with van der Waals surface area (Å²) in [4.78, 5) is 38.4. The minimum atomic E-state index is -0.102. The molecule has 33 heavy (non-hydrogen) atoms. The van der Waals surface area contributed by atoms with Gasteiger partial charge in [0.05, 0.1) is 23.1 Å². The summed E-state index contributed by atoms with van der Waals surface area (Å²) in [5.74, 6) is 0.810. The molecule has 6 rings (SSSR count). The smallest absolute Gasteiger partial charge is 0.257 e. The standard InChI is InChI=1S/C25H26N6O2/c1-15-19(14-27-31(15)25-28-22-8-4-6-18(22)23(32)29-25)24(33)30-11-9-16(10-12-30)20-13-26-21-7-3-2-5-17(20)21/h2-3,5,7,13-14,16,26H,4,6,8-12H2,1H3,(H,28,29,32). The molecule has 1 aliphatic heterocycles. The van der Waals surface area contributed by atoms with Crippen LogP contribution in [0.15, 0.2) is 41.5 Å². The summed E-state index contributed by atoms with van der Waals surface area (Å²) in [6, 6.07) is 8.37. The van der Waals surface area contributed by atoms with Gasteiger partial charge in [0.2, 0.25) is 5.95 Å². The topological polar surface area (TPSA) is 99.7 Å². The van der Waals surface area contributed by atoms with E-state index in [1.165, 1.54) is 10.9 Å². The molecule has 8 nitrogen and oxygen atoms in total. The van der Waals surface area contributed by atoms with E-state index < -0.39 is 0 Å². The van der Waals surface area contributed by atoms with Gasteiger partial charge in [-0.1, -0.05) is 18.2 Å². The number of fused-ring (bicyclic) bond motifs is 2. The molecular weight excluding hydrogens is 416 g/mol. The summed E-state index contributed by atoms with van der Waals surface area (Å²) in [5.41, 5.74) is 5.27. The fourth-order valence-electron chi connectivity index (χ4n) is 5.36. The van der Waals surface area contributed by atoms with Crippen molar-refractivity contribution in [2.24, 2.45) is 0 Å². The van der Waals surface area contributed by atoms with Crippen molar-refractivity contribution >= 4 is 16.8 Å². The minimum Gasteiger partial charge on any atom is -0.361 e. The van der Waals surface area contributed by atoms with E-state index in [-0.39, 0.29) is 11.5 Å².